The van der Waals surface area contributed by atoms with Crippen LogP contribution in [0.3, 0.4) is 0 Å². The third-order valence-electron chi connectivity index (χ3n) is 11.9. The first kappa shape index (κ1) is 70.7. The largest absolute Gasteiger partial charge is 0.491 e. The molecule has 6 aromatic carbocycles. The number of azo groups is 4. The Morgan fingerprint density at radius 1 is 0.378 bits per heavy atom. The molecule has 0 aromatic heterocycles. The molecule has 0 aliphatic carbocycles. The third-order valence-corrected chi connectivity index (χ3v) is 17.0. The second kappa shape index (κ2) is 29.1. The lowest BCUT2D eigenvalue weighted by Gasteiger charge is -2.18. The number of amides is 2. The van der Waals surface area contributed by atoms with Crippen LogP contribution in [0.1, 0.15) is 48.9 Å². The second-order valence-corrected chi connectivity index (χ2v) is 27.6. The summed E-state index contributed by atoms with van der Waals surface area (Å²) in [4.78, 5) is 10.6. The van der Waals surface area contributed by atoms with Crippen molar-refractivity contribution in [2.75, 3.05) is 48.6 Å². The highest BCUT2D eigenvalue weighted by Gasteiger charge is 2.24. The number of hydrogen-bond acceptors (Lipinski definition) is 25. The third kappa shape index (κ3) is 20.3. The molecule has 0 saturated carbocycles. The molecule has 8 N–H and O–H groups in total. The zero-order valence-electron chi connectivity index (χ0n) is 47.9. The highest BCUT2D eigenvalue weighted by atomic mass is 32.2. The molecular weight excluding hydrogens is 1310 g/mol. The Labute approximate surface area is 515 Å². The second-order valence-electron chi connectivity index (χ2n) is 18.9. The predicted molar refractivity (Wildman–Crippen MR) is 322 cm³/mol. The first-order valence-electron chi connectivity index (χ1n) is 25.8. The maximum Gasteiger partial charge on any atom is 0.323 e. The summed E-state index contributed by atoms with van der Waals surface area (Å²) < 4.78 is 222. The summed E-state index contributed by atoms with van der Waals surface area (Å²) in [7, 11) is -28.7. The van der Waals surface area contributed by atoms with Gasteiger partial charge in [-0.3, -0.25) is 27.3 Å². The van der Waals surface area contributed by atoms with E-state index in [1.807, 2.05) is 0 Å². The van der Waals surface area contributed by atoms with Gasteiger partial charge in [0.15, 0.2) is 0 Å². The van der Waals surface area contributed by atoms with E-state index in [0.29, 0.717) is 34.4 Å². The van der Waals surface area contributed by atoms with Crippen LogP contribution in [0.2, 0.25) is 0 Å². The molecule has 0 unspecified atom stereocenters. The number of benzene rings is 6. The van der Waals surface area contributed by atoms with Crippen molar-refractivity contribution in [2.45, 2.75) is 74.0 Å². The molecule has 0 fully saturated rings. The van der Waals surface area contributed by atoms with Crippen LogP contribution in [-0.4, -0.2) is 122 Å². The molecule has 0 heterocycles. The normalized spacial score (nSPS) is 12.8. The minimum Gasteiger partial charge on any atom is -0.491 e. The van der Waals surface area contributed by atoms with Crippen molar-refractivity contribution < 1.29 is 102 Å². The number of nitrogens with zero attached hydrogens (tertiary/aromatic N) is 8. The minimum absolute atomic E-state index is 0.0130. The van der Waals surface area contributed by atoms with Crippen molar-refractivity contribution >= 4 is 124 Å². The average Bonchev–Trinajstić information content (AvgIpc) is 0.902. The number of hydrogen-bond donors (Lipinski definition) is 8. The molecule has 90 heavy (non-hydrogen) atoms. The molecular formula is C51H56N10O23S6. The zero-order chi connectivity index (χ0) is 66.7. The van der Waals surface area contributed by atoms with E-state index < -0.39 is 109 Å². The summed E-state index contributed by atoms with van der Waals surface area (Å²) in [5.41, 5.74) is 1.49. The van der Waals surface area contributed by atoms with Gasteiger partial charge in [-0.05, 0) is 137 Å². The molecule has 33 nitrogen and oxygen atoms in total. The summed E-state index contributed by atoms with van der Waals surface area (Å²) >= 11 is 0. The summed E-state index contributed by atoms with van der Waals surface area (Å²) in [5, 5.41) is 38.6. The van der Waals surface area contributed by atoms with Crippen LogP contribution in [-0.2, 0) is 60.7 Å². The van der Waals surface area contributed by atoms with E-state index in [1.165, 1.54) is 48.5 Å². The van der Waals surface area contributed by atoms with Gasteiger partial charge in [0, 0.05) is 24.3 Å². The number of carbonyl (C=O) groups is 1. The van der Waals surface area contributed by atoms with E-state index in [2.05, 4.69) is 51.5 Å². The Hall–Kier alpha value is -8.35. The van der Waals surface area contributed by atoms with Gasteiger partial charge in [0.1, 0.15) is 55.5 Å². The van der Waals surface area contributed by atoms with E-state index in [-0.39, 0.29) is 108 Å². The Bertz CT molecular complexity index is 4320. The minimum atomic E-state index is -5.06. The highest BCUT2D eigenvalue weighted by Crippen LogP contribution is 2.43. The SMILES string of the molecule is CCOc1cc(NC(=O)Nc2cc(OCC)c(N=Nc3cc(C)c(N=Nc4ccc(S(=O)(=O)O)cc4S(=O)(=O)O)cc3C)cc2OCCCS(=O)(=O)O)c(OCCCS(=O)(=O)O)cc1N=Nc1cc(C)c(N=Nc2ccc(S(=O)(=O)O)cc2S(=O)(=O)O)cc1C. The van der Waals surface area contributed by atoms with Crippen molar-refractivity contribution in [1.82, 2.24) is 0 Å². The Morgan fingerprint density at radius 3 is 0.956 bits per heavy atom. The van der Waals surface area contributed by atoms with Crippen molar-refractivity contribution in [3.63, 3.8) is 0 Å². The van der Waals surface area contributed by atoms with Crippen molar-refractivity contribution in [3.8, 4) is 23.0 Å². The molecule has 0 atom stereocenters. The molecule has 0 spiro atoms. The lowest BCUT2D eigenvalue weighted by molar-refractivity contribution is 0.261. The highest BCUT2D eigenvalue weighted by molar-refractivity contribution is 7.87. The molecule has 0 saturated heterocycles. The van der Waals surface area contributed by atoms with Crippen LogP contribution < -0.4 is 29.6 Å². The number of aryl methyl sites for hydroxylation is 4. The predicted octanol–water partition coefficient (Wildman–Crippen LogP) is 11.3. The molecule has 0 bridgehead atoms. The number of nitrogens with one attached hydrogen (secondary N) is 2. The molecule has 484 valence electrons. The Kier molecular flexibility index (Phi) is 22.9. The standard InChI is InChI=1S/C51H56N10O23S6/c1-7-81-47-25-41(45(83-15-9-17-85(63,64)65)27-43(47)60-58-39-21-29(3)37(19-31(39)5)56-54-35-13-11-33(87(69,70)71)23-49(35)89(75,76)77)52-51(62)53-42-26-48(82-8-2)44(28-46(42)84-16-10-18-86(66,67)68)61-59-40-22-30(4)38(20-32(40)6)57-55-36-14-12-34(88(72,73)74)24-50(36)90(78,79)80/h11-14,19-28H,7-10,15-18H2,1-6H3,(H2,52,53,62)(H,63,64,65)(H,66,67,68)(H,69,70,71)(H,72,73,74)(H,75,76,77)(H,78,79,80). The van der Waals surface area contributed by atoms with Gasteiger partial charge in [-0.1, -0.05) is 0 Å². The van der Waals surface area contributed by atoms with Crippen LogP contribution >= 0.6 is 0 Å². The lowest BCUT2D eigenvalue weighted by Crippen LogP contribution is -2.21. The van der Waals surface area contributed by atoms with Crippen molar-refractivity contribution in [3.05, 3.63) is 107 Å². The lowest BCUT2D eigenvalue weighted by atomic mass is 10.1. The van der Waals surface area contributed by atoms with Crippen LogP contribution in [0.5, 0.6) is 23.0 Å². The number of carbonyl (C=O) groups excluding carboxylic acids is 1. The van der Waals surface area contributed by atoms with Gasteiger partial charge in [0.2, 0.25) is 0 Å². The Balaban J connectivity index is 1.33. The fourth-order valence-corrected chi connectivity index (χ4v) is 11.1. The number of urea groups is 1. The van der Waals surface area contributed by atoms with E-state index in [1.54, 1.807) is 41.5 Å². The smallest absolute Gasteiger partial charge is 0.323 e. The maximum absolute atomic E-state index is 14.1. The Morgan fingerprint density at radius 2 is 0.678 bits per heavy atom. The van der Waals surface area contributed by atoms with Gasteiger partial charge < -0.3 is 29.6 Å². The van der Waals surface area contributed by atoms with Crippen molar-refractivity contribution in [2.24, 2.45) is 40.9 Å². The summed E-state index contributed by atoms with van der Waals surface area (Å²) in [5.74, 6) is -1.59. The number of rotatable bonds is 28. The maximum atomic E-state index is 14.1. The van der Waals surface area contributed by atoms with Gasteiger partial charge in [0.25, 0.3) is 60.7 Å². The first-order valence-corrected chi connectivity index (χ1v) is 34.7. The topological polar surface area (TPSA) is 503 Å². The summed E-state index contributed by atoms with van der Waals surface area (Å²) in [6.07, 6.45) is -0.460. The van der Waals surface area contributed by atoms with Crippen LogP contribution in [0, 0.1) is 27.7 Å². The van der Waals surface area contributed by atoms with Gasteiger partial charge in [0.05, 0.1) is 81.8 Å². The van der Waals surface area contributed by atoms with Crippen LogP contribution in [0.25, 0.3) is 0 Å². The van der Waals surface area contributed by atoms with Crippen LogP contribution in [0.15, 0.2) is 145 Å². The molecule has 6 aromatic rings. The average molecular weight is 1370 g/mol. The van der Waals surface area contributed by atoms with Gasteiger partial charge in [-0.2, -0.15) is 71.0 Å². The van der Waals surface area contributed by atoms with Gasteiger partial charge in [-0.25, -0.2) is 4.79 Å². The monoisotopic (exact) mass is 1370 g/mol. The molecule has 0 radical (unpaired) electrons. The molecule has 39 heteroatoms. The molecule has 0 aliphatic heterocycles. The molecule has 0 aliphatic rings. The van der Waals surface area contributed by atoms with Gasteiger partial charge in [-0.15, -0.1) is 20.5 Å². The van der Waals surface area contributed by atoms with E-state index in [9.17, 15) is 82.6 Å². The summed E-state index contributed by atoms with van der Waals surface area (Å²) in [6, 6.07) is 14.9. The fourth-order valence-electron chi connectivity index (χ4n) is 7.68. The number of anilines is 2. The quantitative estimate of drug-likeness (QED) is 0.0128. The molecule has 2 amide bonds. The van der Waals surface area contributed by atoms with E-state index in [4.69, 9.17) is 18.9 Å². The molecule has 6 rings (SSSR count). The van der Waals surface area contributed by atoms with E-state index >= 15 is 0 Å². The first-order chi connectivity index (χ1) is 41.8. The van der Waals surface area contributed by atoms with Crippen LogP contribution in [0.4, 0.5) is 61.7 Å². The summed E-state index contributed by atoms with van der Waals surface area (Å²) in [6.45, 7) is 9.10. The van der Waals surface area contributed by atoms with Gasteiger partial charge >= 0.3 is 6.03 Å². The number of ether oxygens (including phenoxy) is 4. The van der Waals surface area contributed by atoms with E-state index in [0.717, 1.165) is 24.3 Å². The van der Waals surface area contributed by atoms with Crippen molar-refractivity contribution in [1.29, 1.82) is 0 Å². The zero-order valence-corrected chi connectivity index (χ0v) is 52.8. The fraction of sp³-hybridized carbons (Fsp3) is 0.275.